The number of aryl methyl sites for hydroxylation is 1. The van der Waals surface area contributed by atoms with Gasteiger partial charge in [-0.1, -0.05) is 12.8 Å². The first-order valence-electron chi connectivity index (χ1n) is 5.95. The molecular weight excluding hydrogens is 186 g/mol. The van der Waals surface area contributed by atoms with E-state index >= 15 is 0 Å². The minimum absolute atomic E-state index is 0.665. The van der Waals surface area contributed by atoms with Crippen LogP contribution in [0.15, 0.2) is 12.4 Å². The third-order valence-electron chi connectivity index (χ3n) is 3.15. The lowest BCUT2D eigenvalue weighted by atomic mass is 10.1. The van der Waals surface area contributed by atoms with Crippen molar-refractivity contribution in [3.8, 4) is 0 Å². The number of imidazole rings is 1. The van der Waals surface area contributed by atoms with Crippen LogP contribution in [-0.2, 0) is 13.5 Å². The van der Waals surface area contributed by atoms with Gasteiger partial charge in [-0.3, -0.25) is 0 Å². The molecule has 3 nitrogen and oxygen atoms in total. The van der Waals surface area contributed by atoms with Gasteiger partial charge in [-0.2, -0.15) is 0 Å². The zero-order valence-corrected chi connectivity index (χ0v) is 9.74. The molecule has 0 aromatic carbocycles. The fourth-order valence-electron chi connectivity index (χ4n) is 2.00. The summed E-state index contributed by atoms with van der Waals surface area (Å²) < 4.78 is 2.09. The number of aromatic nitrogens is 2. The maximum atomic E-state index is 4.31. The summed E-state index contributed by atoms with van der Waals surface area (Å²) >= 11 is 0. The van der Waals surface area contributed by atoms with Gasteiger partial charge in [-0.15, -0.1) is 0 Å². The van der Waals surface area contributed by atoms with Crippen LogP contribution in [-0.4, -0.2) is 22.1 Å². The molecule has 1 aliphatic carbocycles. The SMILES string of the molecule is CC(CC1CC1)NCCc1nccn1C. The molecule has 0 amide bonds. The second-order valence-corrected chi connectivity index (χ2v) is 4.74. The fourth-order valence-corrected chi connectivity index (χ4v) is 2.00. The van der Waals surface area contributed by atoms with Crippen molar-refractivity contribution >= 4 is 0 Å². The summed E-state index contributed by atoms with van der Waals surface area (Å²) in [6.07, 6.45) is 9.14. The molecule has 1 saturated carbocycles. The molecule has 1 aliphatic rings. The van der Waals surface area contributed by atoms with Gasteiger partial charge in [-0.25, -0.2) is 4.98 Å². The summed E-state index contributed by atoms with van der Waals surface area (Å²) in [6.45, 7) is 3.33. The van der Waals surface area contributed by atoms with Crippen molar-refractivity contribution in [2.75, 3.05) is 6.54 Å². The third kappa shape index (κ3) is 3.34. The standard InChI is InChI=1S/C12H21N3/c1-10(9-11-3-4-11)13-6-5-12-14-7-8-15(12)2/h7-8,10-11,13H,3-6,9H2,1-2H3. The van der Waals surface area contributed by atoms with E-state index in [0.717, 1.165) is 18.9 Å². The van der Waals surface area contributed by atoms with Crippen molar-refractivity contribution in [3.63, 3.8) is 0 Å². The van der Waals surface area contributed by atoms with Crippen molar-refractivity contribution in [1.29, 1.82) is 0 Å². The van der Waals surface area contributed by atoms with Gasteiger partial charge >= 0.3 is 0 Å². The summed E-state index contributed by atoms with van der Waals surface area (Å²) in [4.78, 5) is 4.31. The van der Waals surface area contributed by atoms with Crippen LogP contribution in [0.2, 0.25) is 0 Å². The Morgan fingerprint density at radius 1 is 1.60 bits per heavy atom. The van der Waals surface area contributed by atoms with E-state index in [0.29, 0.717) is 6.04 Å². The van der Waals surface area contributed by atoms with Crippen LogP contribution in [0.25, 0.3) is 0 Å². The van der Waals surface area contributed by atoms with E-state index in [4.69, 9.17) is 0 Å². The molecule has 0 saturated heterocycles. The Morgan fingerprint density at radius 3 is 3.00 bits per heavy atom. The molecule has 1 fully saturated rings. The predicted molar refractivity (Wildman–Crippen MR) is 61.7 cm³/mol. The van der Waals surface area contributed by atoms with E-state index < -0.39 is 0 Å². The third-order valence-corrected chi connectivity index (χ3v) is 3.15. The lowest BCUT2D eigenvalue weighted by Gasteiger charge is -2.12. The molecule has 1 heterocycles. The molecule has 3 heteroatoms. The second kappa shape index (κ2) is 4.79. The van der Waals surface area contributed by atoms with Crippen molar-refractivity contribution in [3.05, 3.63) is 18.2 Å². The summed E-state index contributed by atoms with van der Waals surface area (Å²) in [5.74, 6) is 2.18. The second-order valence-electron chi connectivity index (χ2n) is 4.74. The number of nitrogens with one attached hydrogen (secondary N) is 1. The minimum atomic E-state index is 0.665. The highest BCUT2D eigenvalue weighted by Crippen LogP contribution is 2.33. The van der Waals surface area contributed by atoms with E-state index in [9.17, 15) is 0 Å². The summed E-state index contributed by atoms with van der Waals surface area (Å²) in [7, 11) is 2.05. The van der Waals surface area contributed by atoms with Crippen molar-refractivity contribution in [2.24, 2.45) is 13.0 Å². The fraction of sp³-hybridized carbons (Fsp3) is 0.750. The Balaban J connectivity index is 1.63. The number of rotatable bonds is 6. The van der Waals surface area contributed by atoms with Crippen LogP contribution in [0.5, 0.6) is 0 Å². The van der Waals surface area contributed by atoms with Crippen LogP contribution in [0.4, 0.5) is 0 Å². The monoisotopic (exact) mass is 207 g/mol. The van der Waals surface area contributed by atoms with E-state index in [1.165, 1.54) is 25.1 Å². The van der Waals surface area contributed by atoms with E-state index in [1.54, 1.807) is 0 Å². The highest BCUT2D eigenvalue weighted by atomic mass is 15.0. The van der Waals surface area contributed by atoms with Crippen LogP contribution in [0.3, 0.4) is 0 Å². The van der Waals surface area contributed by atoms with Gasteiger partial charge in [0.05, 0.1) is 0 Å². The molecule has 1 unspecified atom stereocenters. The largest absolute Gasteiger partial charge is 0.338 e. The van der Waals surface area contributed by atoms with Crippen LogP contribution < -0.4 is 5.32 Å². The van der Waals surface area contributed by atoms with E-state index in [-0.39, 0.29) is 0 Å². The van der Waals surface area contributed by atoms with E-state index in [2.05, 4.69) is 28.8 Å². The van der Waals surface area contributed by atoms with E-state index in [1.807, 2.05) is 12.4 Å². The van der Waals surface area contributed by atoms with Gasteiger partial charge in [-0.05, 0) is 19.3 Å². The zero-order valence-electron chi connectivity index (χ0n) is 9.74. The molecule has 0 bridgehead atoms. The number of nitrogens with zero attached hydrogens (tertiary/aromatic N) is 2. The zero-order chi connectivity index (χ0) is 10.7. The molecule has 0 aliphatic heterocycles. The van der Waals surface area contributed by atoms with Crippen LogP contribution in [0, 0.1) is 5.92 Å². The average Bonchev–Trinajstić information content (AvgIpc) is 2.91. The van der Waals surface area contributed by atoms with Crippen LogP contribution >= 0.6 is 0 Å². The van der Waals surface area contributed by atoms with Crippen molar-refractivity contribution in [2.45, 2.75) is 38.6 Å². The normalized spacial score (nSPS) is 18.0. The lowest BCUT2D eigenvalue weighted by Crippen LogP contribution is -2.29. The van der Waals surface area contributed by atoms with Crippen LogP contribution in [0.1, 0.15) is 32.0 Å². The Hall–Kier alpha value is -0.830. The maximum Gasteiger partial charge on any atom is 0.109 e. The molecule has 15 heavy (non-hydrogen) atoms. The Morgan fingerprint density at radius 2 is 2.40 bits per heavy atom. The lowest BCUT2D eigenvalue weighted by molar-refractivity contribution is 0.487. The topological polar surface area (TPSA) is 29.9 Å². The molecular formula is C12H21N3. The first kappa shape index (κ1) is 10.7. The highest BCUT2D eigenvalue weighted by Gasteiger charge is 2.23. The van der Waals surface area contributed by atoms with Gasteiger partial charge in [0.15, 0.2) is 0 Å². The average molecular weight is 207 g/mol. The molecule has 0 spiro atoms. The van der Waals surface area contributed by atoms with Gasteiger partial charge < -0.3 is 9.88 Å². The first-order valence-corrected chi connectivity index (χ1v) is 5.95. The smallest absolute Gasteiger partial charge is 0.109 e. The molecule has 1 aromatic heterocycles. The summed E-state index contributed by atoms with van der Waals surface area (Å²) in [5.41, 5.74) is 0. The highest BCUT2D eigenvalue weighted by molar-refractivity contribution is 4.91. The molecule has 0 radical (unpaired) electrons. The molecule has 84 valence electrons. The van der Waals surface area contributed by atoms with Gasteiger partial charge in [0, 0.05) is 38.4 Å². The number of hydrogen-bond acceptors (Lipinski definition) is 2. The molecule has 1 N–H and O–H groups in total. The quantitative estimate of drug-likeness (QED) is 0.770. The molecule has 1 atom stereocenters. The van der Waals surface area contributed by atoms with Gasteiger partial charge in [0.25, 0.3) is 0 Å². The van der Waals surface area contributed by atoms with Crippen molar-refractivity contribution in [1.82, 2.24) is 14.9 Å². The minimum Gasteiger partial charge on any atom is -0.338 e. The molecule has 2 rings (SSSR count). The first-order chi connectivity index (χ1) is 7.25. The van der Waals surface area contributed by atoms with Gasteiger partial charge in [0.2, 0.25) is 0 Å². The molecule has 1 aromatic rings. The number of hydrogen-bond donors (Lipinski definition) is 1. The van der Waals surface area contributed by atoms with Crippen molar-refractivity contribution < 1.29 is 0 Å². The Bertz CT molecular complexity index is 302. The predicted octanol–water partition coefficient (Wildman–Crippen LogP) is 1.74. The Kier molecular flexibility index (Phi) is 3.41. The summed E-state index contributed by atoms with van der Waals surface area (Å²) in [5, 5.41) is 3.57. The van der Waals surface area contributed by atoms with Gasteiger partial charge in [0.1, 0.15) is 5.82 Å². The Labute approximate surface area is 91.9 Å². The summed E-state index contributed by atoms with van der Waals surface area (Å²) in [6, 6.07) is 0.665. The maximum absolute atomic E-state index is 4.31.